The minimum absolute atomic E-state index is 0.444. The lowest BCUT2D eigenvalue weighted by Crippen LogP contribution is -2.15. The quantitative estimate of drug-likeness (QED) is 0.316. The summed E-state index contributed by atoms with van der Waals surface area (Å²) < 4.78 is 47.3. The molecule has 1 aliphatic rings. The summed E-state index contributed by atoms with van der Waals surface area (Å²) in [4.78, 5) is 0. The van der Waals surface area contributed by atoms with Gasteiger partial charge in [-0.25, -0.2) is 0 Å². The summed E-state index contributed by atoms with van der Waals surface area (Å²) in [6.07, 6.45) is -0.317. The average molecular weight is 539 g/mol. The molecule has 39 heavy (non-hydrogen) atoms. The fourth-order valence-electron chi connectivity index (χ4n) is 5.27. The average Bonchev–Trinajstić information content (AvgIpc) is 3.00. The molecule has 8 nitrogen and oxygen atoms in total. The molecule has 0 aromatic heterocycles. The smallest absolute Gasteiger partial charge is 0.161 e. The van der Waals surface area contributed by atoms with Crippen LogP contribution >= 0.6 is 0 Å². The van der Waals surface area contributed by atoms with Crippen LogP contribution in [0.3, 0.4) is 0 Å². The summed E-state index contributed by atoms with van der Waals surface area (Å²) in [5.41, 5.74) is 5.78. The zero-order valence-corrected chi connectivity index (χ0v) is 24.0. The van der Waals surface area contributed by atoms with Gasteiger partial charge in [0.1, 0.15) is 12.2 Å². The number of fused-ring (bicyclic) bond motifs is 3. The van der Waals surface area contributed by atoms with E-state index in [-0.39, 0.29) is 0 Å². The van der Waals surface area contributed by atoms with Crippen LogP contribution in [0.15, 0.2) is 36.4 Å². The Hall–Kier alpha value is -3.62. The molecule has 0 bridgehead atoms. The zero-order valence-electron chi connectivity index (χ0n) is 24.0. The molecule has 210 valence electrons. The van der Waals surface area contributed by atoms with Crippen LogP contribution in [0.5, 0.6) is 34.5 Å². The molecule has 0 saturated heterocycles. The van der Waals surface area contributed by atoms with Gasteiger partial charge in [-0.15, -0.1) is 0 Å². The van der Waals surface area contributed by atoms with E-state index >= 15 is 0 Å². The summed E-state index contributed by atoms with van der Waals surface area (Å²) in [5.74, 6) is 3.73. The Morgan fingerprint density at radius 2 is 0.744 bits per heavy atom. The maximum absolute atomic E-state index is 6.49. The molecule has 0 spiro atoms. The molecular formula is C31H38O8. The predicted molar refractivity (Wildman–Crippen MR) is 148 cm³/mol. The topological polar surface area (TPSA) is 73.8 Å². The number of rotatable bonds is 10. The second kappa shape index (κ2) is 12.5. The predicted octanol–water partition coefficient (Wildman–Crippen LogP) is 5.89. The van der Waals surface area contributed by atoms with Gasteiger partial charge in [-0.1, -0.05) is 0 Å². The van der Waals surface area contributed by atoms with Crippen LogP contribution in [0.4, 0.5) is 0 Å². The third kappa shape index (κ3) is 5.31. The van der Waals surface area contributed by atoms with Crippen LogP contribution in [0, 0.1) is 0 Å². The first-order valence-electron chi connectivity index (χ1n) is 13.0. The molecule has 0 radical (unpaired) electrons. The van der Waals surface area contributed by atoms with Gasteiger partial charge in [0.2, 0.25) is 0 Å². The molecule has 4 rings (SSSR count). The summed E-state index contributed by atoms with van der Waals surface area (Å²) in [6, 6.07) is 12.0. The molecule has 0 N–H and O–H groups in total. The standard InChI is InChI=1S/C31H38O8/c1-9-38-30-20-14-26(34-5)24(32-3)12-18(20)11-19-13-25(33-4)27(35-6)15-21(19)31(39-10-2)23-17-29(37-8)28(36-7)16-22(23)30/h12-17,30-31H,9-11H2,1-8H3. The first kappa shape index (κ1) is 28.4. The molecule has 2 unspecified atom stereocenters. The van der Waals surface area contributed by atoms with E-state index in [0.29, 0.717) is 54.1 Å². The lowest BCUT2D eigenvalue weighted by atomic mass is 9.90. The second-order valence-corrected chi connectivity index (χ2v) is 9.00. The van der Waals surface area contributed by atoms with Crippen LogP contribution < -0.4 is 28.4 Å². The van der Waals surface area contributed by atoms with Gasteiger partial charge >= 0.3 is 0 Å². The highest BCUT2D eigenvalue weighted by Gasteiger charge is 2.33. The SMILES string of the molecule is CCOC1c2cc(OC)c(OC)cc2Cc2cc(OC)c(OC)cc2C(OCC)c2cc(OC)c(OC)cc21. The van der Waals surface area contributed by atoms with E-state index in [1.54, 1.807) is 42.7 Å². The number of hydrogen-bond donors (Lipinski definition) is 0. The van der Waals surface area contributed by atoms with Crippen LogP contribution in [0.25, 0.3) is 0 Å². The molecule has 0 aliphatic heterocycles. The van der Waals surface area contributed by atoms with Gasteiger partial charge in [-0.3, -0.25) is 0 Å². The van der Waals surface area contributed by atoms with Crippen molar-refractivity contribution >= 4 is 0 Å². The Bertz CT molecular complexity index is 1200. The van der Waals surface area contributed by atoms with Crippen LogP contribution in [-0.2, 0) is 15.9 Å². The Kier molecular flexibility index (Phi) is 9.09. The molecule has 3 aromatic carbocycles. The van der Waals surface area contributed by atoms with E-state index in [0.717, 1.165) is 33.4 Å². The molecule has 2 atom stereocenters. The highest BCUT2D eigenvalue weighted by atomic mass is 16.5. The van der Waals surface area contributed by atoms with Crippen molar-refractivity contribution in [3.05, 3.63) is 69.8 Å². The fraction of sp³-hybridized carbons (Fsp3) is 0.419. The summed E-state index contributed by atoms with van der Waals surface area (Å²) in [6.45, 7) is 4.94. The molecule has 0 amide bonds. The minimum Gasteiger partial charge on any atom is -0.493 e. The van der Waals surface area contributed by atoms with Gasteiger partial charge < -0.3 is 37.9 Å². The Morgan fingerprint density at radius 3 is 1.03 bits per heavy atom. The Morgan fingerprint density at radius 1 is 0.462 bits per heavy atom. The molecule has 0 fully saturated rings. The van der Waals surface area contributed by atoms with E-state index in [1.807, 2.05) is 50.2 Å². The summed E-state index contributed by atoms with van der Waals surface area (Å²) in [7, 11) is 9.80. The maximum Gasteiger partial charge on any atom is 0.161 e. The molecule has 1 aliphatic carbocycles. The van der Waals surface area contributed by atoms with Crippen LogP contribution in [0.1, 0.15) is 59.4 Å². The zero-order chi connectivity index (χ0) is 28.1. The van der Waals surface area contributed by atoms with Gasteiger partial charge in [0.15, 0.2) is 34.5 Å². The number of methoxy groups -OCH3 is 6. The van der Waals surface area contributed by atoms with Gasteiger partial charge in [0.25, 0.3) is 0 Å². The van der Waals surface area contributed by atoms with Crippen molar-refractivity contribution in [2.75, 3.05) is 55.9 Å². The summed E-state index contributed by atoms with van der Waals surface area (Å²) >= 11 is 0. The summed E-state index contributed by atoms with van der Waals surface area (Å²) in [5, 5.41) is 0. The van der Waals surface area contributed by atoms with Crippen molar-refractivity contribution in [2.45, 2.75) is 32.5 Å². The van der Waals surface area contributed by atoms with Crippen LogP contribution in [-0.4, -0.2) is 55.9 Å². The van der Waals surface area contributed by atoms with E-state index in [9.17, 15) is 0 Å². The first-order chi connectivity index (χ1) is 19.0. The van der Waals surface area contributed by atoms with Gasteiger partial charge in [-0.05, 0) is 90.0 Å². The third-order valence-electron chi connectivity index (χ3n) is 7.06. The Labute approximate surface area is 230 Å². The molecule has 8 heteroatoms. The van der Waals surface area contributed by atoms with Gasteiger partial charge in [0, 0.05) is 13.2 Å². The molecule has 0 saturated carbocycles. The van der Waals surface area contributed by atoms with Crippen molar-refractivity contribution in [1.29, 1.82) is 0 Å². The lowest BCUT2D eigenvalue weighted by Gasteiger charge is -2.28. The molecule has 3 aromatic rings. The second-order valence-electron chi connectivity index (χ2n) is 9.00. The number of hydrogen-bond acceptors (Lipinski definition) is 8. The highest BCUT2D eigenvalue weighted by Crippen LogP contribution is 2.48. The minimum atomic E-state index is -0.444. The highest BCUT2D eigenvalue weighted by molar-refractivity contribution is 5.60. The Balaban J connectivity index is 2.17. The van der Waals surface area contributed by atoms with Crippen molar-refractivity contribution in [1.82, 2.24) is 0 Å². The van der Waals surface area contributed by atoms with Crippen molar-refractivity contribution < 1.29 is 37.9 Å². The van der Waals surface area contributed by atoms with Gasteiger partial charge in [-0.2, -0.15) is 0 Å². The normalized spacial score (nSPS) is 16.0. The lowest BCUT2D eigenvalue weighted by molar-refractivity contribution is 0.0748. The maximum atomic E-state index is 6.49. The van der Waals surface area contributed by atoms with E-state index < -0.39 is 12.2 Å². The van der Waals surface area contributed by atoms with Crippen molar-refractivity contribution in [3.8, 4) is 34.5 Å². The number of ether oxygens (including phenoxy) is 8. The van der Waals surface area contributed by atoms with E-state index in [1.165, 1.54) is 0 Å². The van der Waals surface area contributed by atoms with Crippen molar-refractivity contribution in [2.24, 2.45) is 0 Å². The van der Waals surface area contributed by atoms with Crippen molar-refractivity contribution in [3.63, 3.8) is 0 Å². The molecule has 0 heterocycles. The van der Waals surface area contributed by atoms with E-state index in [4.69, 9.17) is 37.9 Å². The third-order valence-corrected chi connectivity index (χ3v) is 7.06. The van der Waals surface area contributed by atoms with E-state index in [2.05, 4.69) is 0 Å². The van der Waals surface area contributed by atoms with Crippen LogP contribution in [0.2, 0.25) is 0 Å². The fourth-order valence-corrected chi connectivity index (χ4v) is 5.27. The number of benzene rings is 3. The monoisotopic (exact) mass is 538 g/mol. The largest absolute Gasteiger partial charge is 0.493 e. The molecular weight excluding hydrogens is 500 g/mol. The van der Waals surface area contributed by atoms with Gasteiger partial charge in [0.05, 0.1) is 42.7 Å². The first-order valence-corrected chi connectivity index (χ1v) is 13.0.